The van der Waals surface area contributed by atoms with E-state index in [1.807, 2.05) is 11.3 Å². The van der Waals surface area contributed by atoms with E-state index in [4.69, 9.17) is 4.98 Å². The molecule has 3 heteroatoms. The summed E-state index contributed by atoms with van der Waals surface area (Å²) < 4.78 is 0. The maximum atomic E-state index is 4.87. The van der Waals surface area contributed by atoms with Crippen molar-refractivity contribution < 1.29 is 0 Å². The van der Waals surface area contributed by atoms with Gasteiger partial charge in [-0.1, -0.05) is 13.3 Å². The van der Waals surface area contributed by atoms with Crippen LogP contribution in [0.1, 0.15) is 55.1 Å². The Labute approximate surface area is 102 Å². The second-order valence-corrected chi connectivity index (χ2v) is 6.01. The number of hydrogen-bond acceptors (Lipinski definition) is 3. The summed E-state index contributed by atoms with van der Waals surface area (Å²) in [6.45, 7) is 4.52. The predicted molar refractivity (Wildman–Crippen MR) is 70.1 cm³/mol. The van der Waals surface area contributed by atoms with Crippen molar-refractivity contribution in [2.75, 3.05) is 7.05 Å². The molecule has 0 aliphatic heterocycles. The zero-order valence-corrected chi connectivity index (χ0v) is 11.4. The normalized spacial score (nSPS) is 19.2. The molecule has 0 spiro atoms. The van der Waals surface area contributed by atoms with Crippen molar-refractivity contribution in [3.8, 4) is 0 Å². The number of nitrogens with zero attached hydrogens (tertiary/aromatic N) is 1. The van der Waals surface area contributed by atoms with Crippen LogP contribution in [0.25, 0.3) is 0 Å². The third-order valence-electron chi connectivity index (χ3n) is 3.62. The van der Waals surface area contributed by atoms with Gasteiger partial charge in [0.2, 0.25) is 0 Å². The van der Waals surface area contributed by atoms with Crippen LogP contribution in [0.5, 0.6) is 0 Å². The van der Waals surface area contributed by atoms with Crippen LogP contribution in [0, 0.1) is 0 Å². The highest BCUT2D eigenvalue weighted by molar-refractivity contribution is 7.11. The van der Waals surface area contributed by atoms with Crippen molar-refractivity contribution in [3.05, 3.63) is 15.6 Å². The number of fused-ring (bicyclic) bond motifs is 1. The molecule has 0 amide bonds. The molecule has 0 aromatic carbocycles. The third kappa shape index (κ3) is 2.16. The van der Waals surface area contributed by atoms with Crippen molar-refractivity contribution in [1.29, 1.82) is 0 Å². The van der Waals surface area contributed by atoms with E-state index in [0.717, 1.165) is 6.42 Å². The highest BCUT2D eigenvalue weighted by Gasteiger charge is 2.29. The summed E-state index contributed by atoms with van der Waals surface area (Å²) in [6.07, 6.45) is 7.47. The van der Waals surface area contributed by atoms with E-state index < -0.39 is 0 Å². The van der Waals surface area contributed by atoms with Gasteiger partial charge in [-0.25, -0.2) is 4.98 Å². The first-order valence-corrected chi connectivity index (χ1v) is 7.19. The number of thiazole rings is 1. The monoisotopic (exact) mass is 238 g/mol. The van der Waals surface area contributed by atoms with Crippen LogP contribution in [0.15, 0.2) is 0 Å². The van der Waals surface area contributed by atoms with Gasteiger partial charge in [-0.3, -0.25) is 0 Å². The predicted octanol–water partition coefficient (Wildman–Crippen LogP) is 3.26. The molecule has 1 aromatic rings. The summed E-state index contributed by atoms with van der Waals surface area (Å²) in [4.78, 5) is 6.41. The fourth-order valence-electron chi connectivity index (χ4n) is 2.43. The highest BCUT2D eigenvalue weighted by atomic mass is 32.1. The van der Waals surface area contributed by atoms with Crippen LogP contribution >= 0.6 is 11.3 Å². The van der Waals surface area contributed by atoms with E-state index >= 15 is 0 Å². The molecule has 2 nitrogen and oxygen atoms in total. The SMILES string of the molecule is CCCC(C)(NC)c1nc2c(s1)CCCC2. The molecule has 1 aromatic heterocycles. The fraction of sp³-hybridized carbons (Fsp3) is 0.769. The molecule has 1 N–H and O–H groups in total. The van der Waals surface area contributed by atoms with Crippen molar-refractivity contribution in [3.63, 3.8) is 0 Å². The number of hydrogen-bond donors (Lipinski definition) is 1. The molecule has 1 heterocycles. The van der Waals surface area contributed by atoms with Gasteiger partial charge in [0.25, 0.3) is 0 Å². The van der Waals surface area contributed by atoms with Crippen LogP contribution in [0.3, 0.4) is 0 Å². The smallest absolute Gasteiger partial charge is 0.113 e. The Balaban J connectivity index is 2.28. The van der Waals surface area contributed by atoms with Crippen LogP contribution in [0.4, 0.5) is 0 Å². The Hall–Kier alpha value is -0.410. The minimum Gasteiger partial charge on any atom is -0.309 e. The van der Waals surface area contributed by atoms with E-state index in [9.17, 15) is 0 Å². The Bertz CT molecular complexity index is 335. The molecule has 1 aliphatic rings. The molecule has 0 bridgehead atoms. The summed E-state index contributed by atoms with van der Waals surface area (Å²) >= 11 is 1.93. The van der Waals surface area contributed by atoms with Crippen molar-refractivity contribution in [2.45, 2.75) is 57.9 Å². The molecule has 1 atom stereocenters. The lowest BCUT2D eigenvalue weighted by molar-refractivity contribution is 0.363. The lowest BCUT2D eigenvalue weighted by atomic mass is 9.97. The topological polar surface area (TPSA) is 24.9 Å². The molecule has 16 heavy (non-hydrogen) atoms. The zero-order valence-electron chi connectivity index (χ0n) is 10.6. The van der Waals surface area contributed by atoms with Crippen molar-refractivity contribution in [2.24, 2.45) is 0 Å². The van der Waals surface area contributed by atoms with Gasteiger partial charge in [-0.15, -0.1) is 11.3 Å². The first-order valence-electron chi connectivity index (χ1n) is 6.37. The number of nitrogens with one attached hydrogen (secondary N) is 1. The maximum Gasteiger partial charge on any atom is 0.113 e. The summed E-state index contributed by atoms with van der Waals surface area (Å²) in [7, 11) is 2.05. The number of aryl methyl sites for hydroxylation is 2. The van der Waals surface area contributed by atoms with E-state index in [1.54, 1.807) is 4.88 Å². The second-order valence-electron chi connectivity index (χ2n) is 4.93. The van der Waals surface area contributed by atoms with Crippen LogP contribution in [-0.4, -0.2) is 12.0 Å². The zero-order chi connectivity index (χ0) is 11.6. The first-order chi connectivity index (χ1) is 7.69. The van der Waals surface area contributed by atoms with Gasteiger partial charge >= 0.3 is 0 Å². The molecule has 0 saturated carbocycles. The van der Waals surface area contributed by atoms with Gasteiger partial charge in [-0.2, -0.15) is 0 Å². The van der Waals surface area contributed by atoms with Crippen LogP contribution in [0.2, 0.25) is 0 Å². The third-order valence-corrected chi connectivity index (χ3v) is 5.04. The largest absolute Gasteiger partial charge is 0.309 e. The lowest BCUT2D eigenvalue weighted by Crippen LogP contribution is -2.36. The standard InChI is InChI=1S/C13H22N2S/c1-4-9-13(2,14-3)12-15-10-7-5-6-8-11(10)16-12/h14H,4-9H2,1-3H3. The quantitative estimate of drug-likeness (QED) is 0.871. The highest BCUT2D eigenvalue weighted by Crippen LogP contribution is 2.34. The molecule has 0 saturated heterocycles. The van der Waals surface area contributed by atoms with Gasteiger partial charge in [0.15, 0.2) is 0 Å². The van der Waals surface area contributed by atoms with Crippen molar-refractivity contribution >= 4 is 11.3 Å². The van der Waals surface area contributed by atoms with Gasteiger partial charge in [0.1, 0.15) is 5.01 Å². The Morgan fingerprint density at radius 2 is 2.12 bits per heavy atom. The van der Waals surface area contributed by atoms with Crippen LogP contribution in [-0.2, 0) is 18.4 Å². The summed E-state index contributed by atoms with van der Waals surface area (Å²) in [5.74, 6) is 0. The van der Waals surface area contributed by atoms with Crippen molar-refractivity contribution in [1.82, 2.24) is 10.3 Å². The Morgan fingerprint density at radius 3 is 2.75 bits per heavy atom. The molecule has 90 valence electrons. The van der Waals surface area contributed by atoms with E-state index in [2.05, 4.69) is 26.2 Å². The maximum absolute atomic E-state index is 4.87. The van der Waals surface area contributed by atoms with Gasteiger partial charge < -0.3 is 5.32 Å². The lowest BCUT2D eigenvalue weighted by Gasteiger charge is -2.26. The van der Waals surface area contributed by atoms with Gasteiger partial charge in [-0.05, 0) is 46.1 Å². The van der Waals surface area contributed by atoms with E-state index in [0.29, 0.717) is 0 Å². The van der Waals surface area contributed by atoms with Gasteiger partial charge in [0, 0.05) is 4.88 Å². The van der Waals surface area contributed by atoms with Crippen LogP contribution < -0.4 is 5.32 Å². The average molecular weight is 238 g/mol. The molecule has 1 aliphatic carbocycles. The fourth-order valence-corrected chi connectivity index (χ4v) is 3.76. The molecular weight excluding hydrogens is 216 g/mol. The first kappa shape index (κ1) is 12.1. The number of rotatable bonds is 4. The average Bonchev–Trinajstić information content (AvgIpc) is 2.73. The molecule has 0 radical (unpaired) electrons. The minimum absolute atomic E-state index is 0.0801. The summed E-state index contributed by atoms with van der Waals surface area (Å²) in [5.41, 5.74) is 1.46. The summed E-state index contributed by atoms with van der Waals surface area (Å²) in [6, 6.07) is 0. The Morgan fingerprint density at radius 1 is 1.38 bits per heavy atom. The van der Waals surface area contributed by atoms with E-state index in [1.165, 1.54) is 42.8 Å². The second kappa shape index (κ2) is 4.84. The number of aromatic nitrogens is 1. The van der Waals surface area contributed by atoms with E-state index in [-0.39, 0.29) is 5.54 Å². The van der Waals surface area contributed by atoms with Gasteiger partial charge in [0.05, 0.1) is 11.2 Å². The molecule has 1 unspecified atom stereocenters. The minimum atomic E-state index is 0.0801. The Kier molecular flexibility index (Phi) is 3.65. The summed E-state index contributed by atoms with van der Waals surface area (Å²) in [5, 5.41) is 4.75. The molecule has 2 rings (SSSR count). The molecular formula is C13H22N2S. The molecule has 0 fully saturated rings.